The molecular weight excluding hydrogens is 264 g/mol. The van der Waals surface area contributed by atoms with Gasteiger partial charge in [0.2, 0.25) is 0 Å². The lowest BCUT2D eigenvalue weighted by Crippen LogP contribution is -2.59. The van der Waals surface area contributed by atoms with Gasteiger partial charge in [0.05, 0.1) is 0 Å². The fourth-order valence-corrected chi connectivity index (χ4v) is 3.58. The lowest BCUT2D eigenvalue weighted by molar-refractivity contribution is -0.136. The first-order valence-corrected chi connectivity index (χ1v) is 7.67. The predicted molar refractivity (Wildman–Crippen MR) is 75.0 cm³/mol. The van der Waals surface area contributed by atoms with Gasteiger partial charge in [-0.1, -0.05) is 27.2 Å². The molecule has 5 heteroatoms. The molecule has 1 aliphatic carbocycles. The van der Waals surface area contributed by atoms with Gasteiger partial charge in [-0.25, -0.2) is 4.79 Å². The number of amides is 3. The van der Waals surface area contributed by atoms with Crippen molar-refractivity contribution < 1.29 is 9.59 Å². The van der Waals surface area contributed by atoms with Crippen molar-refractivity contribution >= 4 is 23.5 Å². The molecular formula is C14H23ClN2O2. The molecule has 3 unspecified atom stereocenters. The second kappa shape index (κ2) is 5.31. The molecule has 19 heavy (non-hydrogen) atoms. The molecule has 0 aromatic carbocycles. The third-order valence-corrected chi connectivity index (χ3v) is 5.27. The second-order valence-corrected chi connectivity index (χ2v) is 6.52. The number of halogens is 1. The lowest BCUT2D eigenvalue weighted by Gasteiger charge is -2.42. The monoisotopic (exact) mass is 286 g/mol. The van der Waals surface area contributed by atoms with Gasteiger partial charge in [-0.3, -0.25) is 9.69 Å². The zero-order valence-corrected chi connectivity index (χ0v) is 12.7. The Bertz CT molecular complexity index is 376. The van der Waals surface area contributed by atoms with Crippen LogP contribution < -0.4 is 5.32 Å². The Balaban J connectivity index is 2.25. The van der Waals surface area contributed by atoms with E-state index in [1.54, 1.807) is 0 Å². The minimum Gasteiger partial charge on any atom is -0.323 e. The summed E-state index contributed by atoms with van der Waals surface area (Å²) in [5.41, 5.74) is -0.679. The fourth-order valence-electron chi connectivity index (χ4n) is 3.48. The molecule has 0 aromatic heterocycles. The topological polar surface area (TPSA) is 49.4 Å². The van der Waals surface area contributed by atoms with Crippen LogP contribution in [-0.4, -0.2) is 34.8 Å². The van der Waals surface area contributed by atoms with Crippen molar-refractivity contribution in [3.63, 3.8) is 0 Å². The molecule has 2 fully saturated rings. The number of nitrogens with one attached hydrogen (secondary N) is 1. The molecule has 1 aliphatic heterocycles. The number of nitrogens with zero attached hydrogens (tertiary/aromatic N) is 1. The normalized spacial score (nSPS) is 36.7. The predicted octanol–water partition coefficient (Wildman–Crippen LogP) is 2.61. The molecule has 1 spiro atoms. The van der Waals surface area contributed by atoms with Crippen LogP contribution in [0, 0.1) is 17.8 Å². The summed E-state index contributed by atoms with van der Waals surface area (Å²) >= 11 is 5.79. The van der Waals surface area contributed by atoms with Crippen molar-refractivity contribution in [3.05, 3.63) is 0 Å². The smallest absolute Gasteiger partial charge is 0.323 e. The van der Waals surface area contributed by atoms with Crippen molar-refractivity contribution in [1.82, 2.24) is 10.2 Å². The number of urea groups is 1. The maximum atomic E-state index is 12.8. The molecule has 2 aliphatic rings. The first-order chi connectivity index (χ1) is 8.93. The summed E-state index contributed by atoms with van der Waals surface area (Å²) in [5.74, 6) is 0.928. The quantitative estimate of drug-likeness (QED) is 0.640. The van der Waals surface area contributed by atoms with E-state index in [0.29, 0.717) is 12.4 Å². The lowest BCUT2D eigenvalue weighted by atomic mass is 9.67. The maximum absolute atomic E-state index is 12.8. The highest BCUT2D eigenvalue weighted by Gasteiger charge is 2.58. The van der Waals surface area contributed by atoms with Crippen LogP contribution in [0.25, 0.3) is 0 Å². The summed E-state index contributed by atoms with van der Waals surface area (Å²) in [5, 5.41) is 2.99. The molecule has 1 N–H and O–H groups in total. The Morgan fingerprint density at radius 1 is 1.37 bits per heavy atom. The van der Waals surface area contributed by atoms with Gasteiger partial charge in [0, 0.05) is 12.4 Å². The fraction of sp³-hybridized carbons (Fsp3) is 0.857. The number of alkyl halides is 1. The molecule has 4 nitrogen and oxygen atoms in total. The van der Waals surface area contributed by atoms with E-state index in [1.807, 2.05) is 6.92 Å². The van der Waals surface area contributed by atoms with Crippen molar-refractivity contribution in [3.8, 4) is 0 Å². The van der Waals surface area contributed by atoms with Crippen LogP contribution in [0.4, 0.5) is 4.79 Å². The van der Waals surface area contributed by atoms with Gasteiger partial charge in [-0.05, 0) is 30.6 Å². The van der Waals surface area contributed by atoms with Crippen molar-refractivity contribution in [2.45, 2.75) is 45.6 Å². The molecule has 0 aromatic rings. The average Bonchev–Trinajstić information content (AvgIpc) is 2.62. The third kappa shape index (κ3) is 2.24. The minimum atomic E-state index is -0.679. The van der Waals surface area contributed by atoms with Crippen LogP contribution >= 0.6 is 11.6 Å². The van der Waals surface area contributed by atoms with Gasteiger partial charge < -0.3 is 5.32 Å². The Hall–Kier alpha value is -0.770. The molecule has 3 amide bonds. The Kier molecular flexibility index (Phi) is 4.09. The van der Waals surface area contributed by atoms with Gasteiger partial charge in [0.1, 0.15) is 5.54 Å². The summed E-state index contributed by atoms with van der Waals surface area (Å²) in [6.07, 6.45) is 3.12. The number of rotatable bonds is 3. The molecule has 1 saturated carbocycles. The molecule has 2 rings (SSSR count). The van der Waals surface area contributed by atoms with Crippen molar-refractivity contribution in [2.24, 2.45) is 17.8 Å². The van der Waals surface area contributed by atoms with Crippen LogP contribution in [-0.2, 0) is 4.79 Å². The number of hydrogen-bond donors (Lipinski definition) is 1. The Morgan fingerprint density at radius 2 is 1.95 bits per heavy atom. The van der Waals surface area contributed by atoms with Crippen molar-refractivity contribution in [2.75, 3.05) is 12.4 Å². The molecule has 1 heterocycles. The number of carbonyl (C=O) groups is 2. The highest BCUT2D eigenvalue weighted by molar-refractivity contribution is 6.18. The molecule has 3 atom stereocenters. The highest BCUT2D eigenvalue weighted by Crippen LogP contribution is 2.42. The summed E-state index contributed by atoms with van der Waals surface area (Å²) in [4.78, 5) is 26.3. The number of hydrogen-bond acceptors (Lipinski definition) is 2. The zero-order valence-electron chi connectivity index (χ0n) is 11.9. The SMILES string of the molecule is CC(CCl)CN1C(=O)NC2(C1=O)C(C)CCCC2C. The molecule has 1 saturated heterocycles. The number of imide groups is 1. The van der Waals surface area contributed by atoms with E-state index < -0.39 is 5.54 Å². The van der Waals surface area contributed by atoms with E-state index in [2.05, 4.69) is 19.2 Å². The molecule has 0 radical (unpaired) electrons. The van der Waals surface area contributed by atoms with Crippen LogP contribution in [0.15, 0.2) is 0 Å². The average molecular weight is 287 g/mol. The van der Waals surface area contributed by atoms with Crippen molar-refractivity contribution in [1.29, 1.82) is 0 Å². The summed E-state index contributed by atoms with van der Waals surface area (Å²) in [7, 11) is 0. The first-order valence-electron chi connectivity index (χ1n) is 7.13. The molecule has 108 valence electrons. The van der Waals surface area contributed by atoms with Gasteiger partial charge >= 0.3 is 6.03 Å². The first kappa shape index (κ1) is 14.6. The summed E-state index contributed by atoms with van der Waals surface area (Å²) < 4.78 is 0. The van der Waals surface area contributed by atoms with E-state index in [0.717, 1.165) is 19.3 Å². The Labute approximate surface area is 119 Å². The maximum Gasteiger partial charge on any atom is 0.325 e. The summed E-state index contributed by atoms with van der Waals surface area (Å²) in [6, 6.07) is -0.248. The van der Waals surface area contributed by atoms with Gasteiger partial charge in [0.15, 0.2) is 0 Å². The van der Waals surface area contributed by atoms with Crippen LogP contribution in [0.1, 0.15) is 40.0 Å². The highest BCUT2D eigenvalue weighted by atomic mass is 35.5. The largest absolute Gasteiger partial charge is 0.325 e. The van der Waals surface area contributed by atoms with E-state index in [-0.39, 0.29) is 29.7 Å². The standard InChI is InChI=1S/C14H23ClN2O2/c1-9(7-15)8-17-12(18)14(16-13(17)19)10(2)5-4-6-11(14)3/h9-11H,4-8H2,1-3H3,(H,16,19). The third-order valence-electron chi connectivity index (χ3n) is 4.74. The van der Waals surface area contributed by atoms with Crippen LogP contribution in [0.5, 0.6) is 0 Å². The van der Waals surface area contributed by atoms with E-state index in [1.165, 1.54) is 4.90 Å². The minimum absolute atomic E-state index is 0.0471. The van der Waals surface area contributed by atoms with Gasteiger partial charge in [-0.15, -0.1) is 11.6 Å². The van der Waals surface area contributed by atoms with Crippen LogP contribution in [0.3, 0.4) is 0 Å². The van der Waals surface area contributed by atoms with E-state index in [9.17, 15) is 9.59 Å². The van der Waals surface area contributed by atoms with Gasteiger partial charge in [-0.2, -0.15) is 0 Å². The van der Waals surface area contributed by atoms with E-state index >= 15 is 0 Å². The Morgan fingerprint density at radius 3 is 2.47 bits per heavy atom. The summed E-state index contributed by atoms with van der Waals surface area (Å²) in [6.45, 7) is 6.51. The van der Waals surface area contributed by atoms with Gasteiger partial charge in [0.25, 0.3) is 5.91 Å². The number of carbonyl (C=O) groups excluding carboxylic acids is 2. The van der Waals surface area contributed by atoms with E-state index in [4.69, 9.17) is 11.6 Å². The van der Waals surface area contributed by atoms with Crippen LogP contribution in [0.2, 0.25) is 0 Å². The second-order valence-electron chi connectivity index (χ2n) is 6.21. The zero-order chi connectivity index (χ0) is 14.2. The molecule has 0 bridgehead atoms.